The molecule has 5 heteroatoms. The molecule has 0 rings (SSSR count). The summed E-state index contributed by atoms with van der Waals surface area (Å²) >= 11 is 4.75. The number of hydrazone groups is 1. The van der Waals surface area contributed by atoms with Crippen LogP contribution in [-0.4, -0.2) is 23.1 Å². The van der Waals surface area contributed by atoms with Crippen molar-refractivity contribution in [3.05, 3.63) is 36.1 Å². The SMILES string of the molecule is C=C/C(O)=C\C=C(/C)C=NN(C)P=S. The molecule has 0 spiro atoms. The minimum Gasteiger partial charge on any atom is -0.508 e. The quantitative estimate of drug-likeness (QED) is 0.258. The van der Waals surface area contributed by atoms with Gasteiger partial charge in [-0.05, 0) is 36.5 Å². The van der Waals surface area contributed by atoms with Crippen LogP contribution in [0, 0.1) is 0 Å². The van der Waals surface area contributed by atoms with Gasteiger partial charge in [-0.25, -0.2) is 4.78 Å². The van der Waals surface area contributed by atoms with E-state index in [0.29, 0.717) is 7.51 Å². The summed E-state index contributed by atoms with van der Waals surface area (Å²) < 4.78 is 1.61. The van der Waals surface area contributed by atoms with Crippen molar-refractivity contribution in [3.8, 4) is 0 Å². The van der Waals surface area contributed by atoms with Crippen molar-refractivity contribution in [2.24, 2.45) is 5.10 Å². The maximum absolute atomic E-state index is 9.06. The summed E-state index contributed by atoms with van der Waals surface area (Å²) in [4.78, 5) is 0. The molecule has 0 heterocycles. The number of aliphatic hydroxyl groups excluding tert-OH is 1. The van der Waals surface area contributed by atoms with Crippen molar-refractivity contribution in [3.63, 3.8) is 0 Å². The van der Waals surface area contributed by atoms with Crippen LogP contribution in [0.2, 0.25) is 0 Å². The number of hydrogen-bond donors (Lipinski definition) is 1. The highest BCUT2D eigenvalue weighted by molar-refractivity contribution is 7.95. The number of hydrogen-bond acceptors (Lipinski definition) is 3. The van der Waals surface area contributed by atoms with Gasteiger partial charge in [0.05, 0.1) is 6.21 Å². The van der Waals surface area contributed by atoms with Crippen molar-refractivity contribution in [2.45, 2.75) is 6.92 Å². The average Bonchev–Trinajstić information content (AvgIpc) is 2.22. The summed E-state index contributed by atoms with van der Waals surface area (Å²) in [5, 5.41) is 13.1. The third kappa shape index (κ3) is 6.52. The average molecular weight is 228 g/mol. The van der Waals surface area contributed by atoms with E-state index in [1.807, 2.05) is 6.92 Å². The van der Waals surface area contributed by atoms with Crippen LogP contribution in [0.4, 0.5) is 0 Å². The molecule has 0 aromatic heterocycles. The lowest BCUT2D eigenvalue weighted by molar-refractivity contribution is 0.433. The van der Waals surface area contributed by atoms with E-state index in [4.69, 9.17) is 16.9 Å². The monoisotopic (exact) mass is 228 g/mol. The molecule has 0 aromatic carbocycles. The fraction of sp³-hybridized carbons (Fsp3) is 0.222. The van der Waals surface area contributed by atoms with E-state index in [1.54, 1.807) is 30.2 Å². The zero-order valence-electron chi connectivity index (χ0n) is 8.21. The zero-order chi connectivity index (χ0) is 11.0. The molecular formula is C9H13N2OPS. The Balaban J connectivity index is 4.33. The number of rotatable bonds is 5. The molecular weight excluding hydrogens is 215 g/mol. The maximum atomic E-state index is 9.06. The van der Waals surface area contributed by atoms with Crippen LogP contribution in [0.3, 0.4) is 0 Å². The van der Waals surface area contributed by atoms with E-state index in [1.165, 1.54) is 6.08 Å². The molecule has 0 bridgehead atoms. The summed E-state index contributed by atoms with van der Waals surface area (Å²) in [7, 11) is 2.46. The second kappa shape index (κ2) is 7.42. The zero-order valence-corrected chi connectivity index (χ0v) is 9.92. The standard InChI is InChI=1S/C9H13N2OPS/c1-4-9(12)6-5-8(2)7-10-11(3)13-14/h4-7,12H,1H2,2-3H3/b8-5+,9-6+,10-7?. The molecule has 0 aromatic rings. The van der Waals surface area contributed by atoms with Crippen molar-refractivity contribution in [2.75, 3.05) is 7.05 Å². The molecule has 0 saturated heterocycles. The molecule has 0 unspecified atom stereocenters. The molecule has 0 fully saturated rings. The summed E-state index contributed by atoms with van der Waals surface area (Å²) in [5.74, 6) is 0.132. The Bertz CT molecular complexity index is 297. The normalized spacial score (nSPS) is 13.6. The van der Waals surface area contributed by atoms with Crippen LogP contribution in [-0.2, 0) is 11.8 Å². The Morgan fingerprint density at radius 1 is 1.57 bits per heavy atom. The Labute approximate surface area is 91.0 Å². The largest absolute Gasteiger partial charge is 0.508 e. The van der Waals surface area contributed by atoms with Gasteiger partial charge < -0.3 is 5.11 Å². The Hall–Kier alpha value is -0.990. The molecule has 0 saturated carbocycles. The van der Waals surface area contributed by atoms with E-state index in [0.717, 1.165) is 5.57 Å². The topological polar surface area (TPSA) is 35.8 Å². The lowest BCUT2D eigenvalue weighted by Gasteiger charge is -2.00. The van der Waals surface area contributed by atoms with Crippen molar-refractivity contribution >= 4 is 25.5 Å². The first-order chi connectivity index (χ1) is 6.60. The van der Waals surface area contributed by atoms with E-state index in [2.05, 4.69) is 11.7 Å². The van der Waals surface area contributed by atoms with E-state index < -0.39 is 0 Å². The van der Waals surface area contributed by atoms with E-state index in [9.17, 15) is 0 Å². The predicted molar refractivity (Wildman–Crippen MR) is 65.2 cm³/mol. The van der Waals surface area contributed by atoms with Gasteiger partial charge in [0, 0.05) is 7.05 Å². The van der Waals surface area contributed by atoms with Gasteiger partial charge >= 0.3 is 0 Å². The molecule has 0 aliphatic heterocycles. The predicted octanol–water partition coefficient (Wildman–Crippen LogP) is 2.80. The van der Waals surface area contributed by atoms with Crippen molar-refractivity contribution < 1.29 is 5.11 Å². The fourth-order valence-electron chi connectivity index (χ4n) is 0.524. The number of nitrogens with zero attached hydrogens (tertiary/aromatic N) is 2. The number of aliphatic hydroxyl groups is 1. The molecule has 0 amide bonds. The highest BCUT2D eigenvalue weighted by Crippen LogP contribution is 2.01. The molecule has 76 valence electrons. The van der Waals surface area contributed by atoms with Crippen LogP contribution < -0.4 is 0 Å². The van der Waals surface area contributed by atoms with Gasteiger partial charge in [0.1, 0.15) is 13.3 Å². The van der Waals surface area contributed by atoms with E-state index >= 15 is 0 Å². The fourth-order valence-corrected chi connectivity index (χ4v) is 0.744. The van der Waals surface area contributed by atoms with Crippen LogP contribution in [0.1, 0.15) is 6.92 Å². The van der Waals surface area contributed by atoms with Crippen LogP contribution in [0.5, 0.6) is 0 Å². The van der Waals surface area contributed by atoms with Crippen molar-refractivity contribution in [1.29, 1.82) is 0 Å². The first-order valence-corrected chi connectivity index (χ1v) is 5.77. The van der Waals surface area contributed by atoms with E-state index in [-0.39, 0.29) is 5.76 Å². The Kier molecular flexibility index (Phi) is 6.89. The van der Waals surface area contributed by atoms with Gasteiger partial charge in [0.15, 0.2) is 0 Å². The molecule has 0 atom stereocenters. The van der Waals surface area contributed by atoms with Gasteiger partial charge in [-0.15, -0.1) is 0 Å². The lowest BCUT2D eigenvalue weighted by atomic mass is 10.3. The molecule has 0 radical (unpaired) electrons. The minimum absolute atomic E-state index is 0.132. The molecule has 0 aliphatic carbocycles. The first-order valence-electron chi connectivity index (χ1n) is 3.91. The summed E-state index contributed by atoms with van der Waals surface area (Å²) in [6.45, 7) is 5.30. The molecule has 14 heavy (non-hydrogen) atoms. The second-order valence-corrected chi connectivity index (χ2v) is 3.75. The molecule has 1 N–H and O–H groups in total. The molecule has 0 aliphatic rings. The Morgan fingerprint density at radius 3 is 2.71 bits per heavy atom. The molecule has 3 nitrogen and oxygen atoms in total. The minimum atomic E-state index is 0.132. The van der Waals surface area contributed by atoms with Gasteiger partial charge in [-0.1, -0.05) is 12.7 Å². The van der Waals surface area contributed by atoms with Crippen LogP contribution >= 0.6 is 7.51 Å². The number of allylic oxidation sites excluding steroid dienone is 4. The van der Waals surface area contributed by atoms with Gasteiger partial charge in [-0.2, -0.15) is 5.10 Å². The smallest absolute Gasteiger partial charge is 0.114 e. The van der Waals surface area contributed by atoms with Gasteiger partial charge in [0.2, 0.25) is 0 Å². The summed E-state index contributed by atoms with van der Waals surface area (Å²) in [6, 6.07) is 0. The van der Waals surface area contributed by atoms with Gasteiger partial charge in [0.25, 0.3) is 0 Å². The second-order valence-electron chi connectivity index (χ2n) is 2.52. The summed E-state index contributed by atoms with van der Waals surface area (Å²) in [5.41, 5.74) is 0.920. The first kappa shape index (κ1) is 13.0. The van der Waals surface area contributed by atoms with Crippen LogP contribution in [0.15, 0.2) is 41.2 Å². The maximum Gasteiger partial charge on any atom is 0.114 e. The van der Waals surface area contributed by atoms with Crippen LogP contribution in [0.25, 0.3) is 0 Å². The lowest BCUT2D eigenvalue weighted by Crippen LogP contribution is -1.94. The third-order valence-corrected chi connectivity index (χ3v) is 2.32. The highest BCUT2D eigenvalue weighted by atomic mass is 32.4. The Morgan fingerprint density at radius 2 is 2.21 bits per heavy atom. The third-order valence-electron chi connectivity index (χ3n) is 1.27. The summed E-state index contributed by atoms with van der Waals surface area (Å²) in [6.07, 6.45) is 6.34. The van der Waals surface area contributed by atoms with Gasteiger partial charge in [-0.3, -0.25) is 0 Å². The van der Waals surface area contributed by atoms with Crippen molar-refractivity contribution in [1.82, 2.24) is 4.78 Å². The highest BCUT2D eigenvalue weighted by Gasteiger charge is 1.85.